The normalized spacial score (nSPS) is 11.9. The zero-order valence-electron chi connectivity index (χ0n) is 16.4. The molecule has 0 fully saturated rings. The molecule has 3 aromatic rings. The Morgan fingerprint density at radius 2 is 1.72 bits per heavy atom. The largest absolute Gasteiger partial charge is 0.454 e. The third-order valence-electron chi connectivity index (χ3n) is 4.96. The molecule has 0 radical (unpaired) electrons. The van der Waals surface area contributed by atoms with Gasteiger partial charge in [-0.25, -0.2) is 0 Å². The summed E-state index contributed by atoms with van der Waals surface area (Å²) in [7, 11) is 0. The van der Waals surface area contributed by atoms with E-state index in [9.17, 15) is 4.79 Å². The average molecular weight is 388 g/mol. The van der Waals surface area contributed by atoms with Crippen LogP contribution in [-0.2, 0) is 19.5 Å². The highest BCUT2D eigenvalue weighted by Gasteiger charge is 2.14. The smallest absolute Gasteiger partial charge is 0.251 e. The van der Waals surface area contributed by atoms with E-state index in [4.69, 9.17) is 9.47 Å². The highest BCUT2D eigenvalue weighted by atomic mass is 16.7. The fraction of sp³-hybridized carbons (Fsp3) is 0.208. The Kier molecular flexibility index (Phi) is 5.66. The lowest BCUT2D eigenvalue weighted by molar-refractivity contribution is 0.0950. The van der Waals surface area contributed by atoms with Crippen LogP contribution in [0.15, 0.2) is 66.7 Å². The van der Waals surface area contributed by atoms with Crippen molar-refractivity contribution in [2.24, 2.45) is 0 Å². The third kappa shape index (κ3) is 4.51. The topological polar surface area (TPSA) is 59.6 Å². The molecule has 2 N–H and O–H groups in total. The standard InChI is InChI=1S/C24H24N2O3/c1-2-19-7-3-4-9-21(19)25-14-17-6-5-8-20(12-17)24(27)26-15-18-10-11-22-23(13-18)29-16-28-22/h3-13,25H,2,14-16H2,1H3,(H,26,27). The molecule has 0 aromatic heterocycles. The minimum Gasteiger partial charge on any atom is -0.454 e. The summed E-state index contributed by atoms with van der Waals surface area (Å²) in [5, 5.41) is 6.44. The van der Waals surface area contributed by atoms with Gasteiger partial charge in [-0.3, -0.25) is 4.79 Å². The molecule has 5 nitrogen and oxygen atoms in total. The van der Waals surface area contributed by atoms with Crippen molar-refractivity contribution in [1.29, 1.82) is 0 Å². The summed E-state index contributed by atoms with van der Waals surface area (Å²) < 4.78 is 10.7. The zero-order chi connectivity index (χ0) is 20.1. The number of benzene rings is 3. The molecule has 0 atom stereocenters. The molecule has 0 unspecified atom stereocenters. The van der Waals surface area contributed by atoms with Crippen molar-refractivity contribution in [2.45, 2.75) is 26.4 Å². The first kappa shape index (κ1) is 18.9. The zero-order valence-corrected chi connectivity index (χ0v) is 16.4. The Morgan fingerprint density at radius 3 is 2.62 bits per heavy atom. The lowest BCUT2D eigenvalue weighted by atomic mass is 10.1. The van der Waals surface area contributed by atoms with Crippen LogP contribution >= 0.6 is 0 Å². The van der Waals surface area contributed by atoms with Crippen molar-refractivity contribution in [3.05, 3.63) is 89.0 Å². The van der Waals surface area contributed by atoms with Crippen LogP contribution in [0.4, 0.5) is 5.69 Å². The number of hydrogen-bond acceptors (Lipinski definition) is 4. The predicted octanol–water partition coefficient (Wildman–Crippen LogP) is 4.52. The first-order chi connectivity index (χ1) is 14.2. The average Bonchev–Trinajstić information content (AvgIpc) is 3.24. The first-order valence-electron chi connectivity index (χ1n) is 9.80. The summed E-state index contributed by atoms with van der Waals surface area (Å²) in [6.07, 6.45) is 0.978. The lowest BCUT2D eigenvalue weighted by Gasteiger charge is -2.12. The number of anilines is 1. The Balaban J connectivity index is 1.37. The van der Waals surface area contributed by atoms with Gasteiger partial charge >= 0.3 is 0 Å². The number of rotatable bonds is 7. The van der Waals surface area contributed by atoms with E-state index in [-0.39, 0.29) is 12.7 Å². The summed E-state index contributed by atoms with van der Waals surface area (Å²) >= 11 is 0. The second-order valence-corrected chi connectivity index (χ2v) is 6.93. The molecule has 0 aliphatic carbocycles. The van der Waals surface area contributed by atoms with Crippen molar-refractivity contribution >= 4 is 11.6 Å². The molecule has 1 aliphatic heterocycles. The van der Waals surface area contributed by atoms with Crippen LogP contribution in [0, 0.1) is 0 Å². The molecule has 0 saturated carbocycles. The molecule has 5 heteroatoms. The number of nitrogens with one attached hydrogen (secondary N) is 2. The number of amides is 1. The van der Waals surface area contributed by atoms with Crippen LogP contribution in [0.3, 0.4) is 0 Å². The Hall–Kier alpha value is -3.47. The van der Waals surface area contributed by atoms with Crippen LogP contribution in [-0.4, -0.2) is 12.7 Å². The Labute approximate surface area is 170 Å². The minimum absolute atomic E-state index is 0.0986. The van der Waals surface area contributed by atoms with E-state index in [1.54, 1.807) is 0 Å². The third-order valence-corrected chi connectivity index (χ3v) is 4.96. The van der Waals surface area contributed by atoms with Gasteiger partial charge in [0.25, 0.3) is 5.91 Å². The molecule has 148 valence electrons. The lowest BCUT2D eigenvalue weighted by Crippen LogP contribution is -2.22. The Morgan fingerprint density at radius 1 is 0.897 bits per heavy atom. The van der Waals surface area contributed by atoms with E-state index in [0.29, 0.717) is 18.7 Å². The van der Waals surface area contributed by atoms with Gasteiger partial charge in [0.1, 0.15) is 0 Å². The van der Waals surface area contributed by atoms with Gasteiger partial charge in [0.15, 0.2) is 11.5 Å². The Bertz CT molecular complexity index is 1020. The fourth-order valence-corrected chi connectivity index (χ4v) is 3.36. The van der Waals surface area contributed by atoms with Gasteiger partial charge in [-0.1, -0.05) is 43.3 Å². The first-order valence-corrected chi connectivity index (χ1v) is 9.80. The highest BCUT2D eigenvalue weighted by Crippen LogP contribution is 2.32. The van der Waals surface area contributed by atoms with Crippen molar-refractivity contribution in [2.75, 3.05) is 12.1 Å². The SMILES string of the molecule is CCc1ccccc1NCc1cccc(C(=O)NCc2ccc3c(c2)OCO3)c1. The van der Waals surface area contributed by atoms with Crippen LogP contribution in [0.1, 0.15) is 34.0 Å². The summed E-state index contributed by atoms with van der Waals surface area (Å²) in [5.41, 5.74) is 5.09. The van der Waals surface area contributed by atoms with Crippen LogP contribution in [0.2, 0.25) is 0 Å². The van der Waals surface area contributed by atoms with Crippen molar-refractivity contribution < 1.29 is 14.3 Å². The van der Waals surface area contributed by atoms with Gasteiger partial charge in [0.2, 0.25) is 6.79 Å². The quantitative estimate of drug-likeness (QED) is 0.625. The molecule has 3 aromatic carbocycles. The molecule has 1 aliphatic rings. The van der Waals surface area contributed by atoms with Crippen LogP contribution < -0.4 is 20.1 Å². The number of ether oxygens (including phenoxy) is 2. The van der Waals surface area contributed by atoms with Gasteiger partial charge in [-0.15, -0.1) is 0 Å². The minimum atomic E-state index is -0.0986. The number of carbonyl (C=O) groups is 1. The van der Waals surface area contributed by atoms with Crippen LogP contribution in [0.5, 0.6) is 11.5 Å². The van der Waals surface area contributed by atoms with E-state index in [1.807, 2.05) is 48.5 Å². The van der Waals surface area contributed by atoms with Gasteiger partial charge < -0.3 is 20.1 Å². The number of fused-ring (bicyclic) bond motifs is 1. The second kappa shape index (κ2) is 8.69. The molecule has 0 saturated heterocycles. The summed E-state index contributed by atoms with van der Waals surface area (Å²) in [4.78, 5) is 12.6. The number of hydrogen-bond donors (Lipinski definition) is 2. The molecule has 4 rings (SSSR count). The summed E-state index contributed by atoms with van der Waals surface area (Å²) in [6, 6.07) is 21.7. The maximum Gasteiger partial charge on any atom is 0.251 e. The fourth-order valence-electron chi connectivity index (χ4n) is 3.36. The highest BCUT2D eigenvalue weighted by molar-refractivity contribution is 5.94. The number of aryl methyl sites for hydroxylation is 1. The van der Waals surface area contributed by atoms with E-state index in [1.165, 1.54) is 5.56 Å². The maximum atomic E-state index is 12.6. The van der Waals surface area contributed by atoms with Gasteiger partial charge in [0.05, 0.1) is 0 Å². The molecular formula is C24H24N2O3. The van der Waals surface area contributed by atoms with E-state index in [2.05, 4.69) is 35.8 Å². The van der Waals surface area contributed by atoms with Crippen molar-refractivity contribution in [3.8, 4) is 11.5 Å². The molecule has 0 spiro atoms. The van der Waals surface area contributed by atoms with Crippen LogP contribution in [0.25, 0.3) is 0 Å². The van der Waals surface area contributed by atoms with E-state index < -0.39 is 0 Å². The number of carbonyl (C=O) groups excluding carboxylic acids is 1. The van der Waals surface area contributed by atoms with Gasteiger partial charge in [0, 0.05) is 24.3 Å². The summed E-state index contributed by atoms with van der Waals surface area (Å²) in [5.74, 6) is 1.36. The molecule has 1 amide bonds. The number of para-hydroxylation sites is 1. The molecule has 1 heterocycles. The van der Waals surface area contributed by atoms with Crippen molar-refractivity contribution in [1.82, 2.24) is 5.32 Å². The van der Waals surface area contributed by atoms with Crippen molar-refractivity contribution in [3.63, 3.8) is 0 Å². The van der Waals surface area contributed by atoms with E-state index >= 15 is 0 Å². The van der Waals surface area contributed by atoms with Gasteiger partial charge in [-0.2, -0.15) is 0 Å². The summed E-state index contributed by atoms with van der Waals surface area (Å²) in [6.45, 7) is 3.49. The molecular weight excluding hydrogens is 364 g/mol. The maximum absolute atomic E-state index is 12.6. The predicted molar refractivity (Wildman–Crippen MR) is 113 cm³/mol. The molecule has 0 bridgehead atoms. The van der Waals surface area contributed by atoms with Gasteiger partial charge in [-0.05, 0) is 53.4 Å². The molecule has 29 heavy (non-hydrogen) atoms. The monoisotopic (exact) mass is 388 g/mol. The van der Waals surface area contributed by atoms with E-state index in [0.717, 1.165) is 34.7 Å². The second-order valence-electron chi connectivity index (χ2n) is 6.93.